The summed E-state index contributed by atoms with van der Waals surface area (Å²) in [6, 6.07) is 4.54. The van der Waals surface area contributed by atoms with Gasteiger partial charge in [-0.05, 0) is 58.1 Å². The first-order chi connectivity index (χ1) is 17.1. The van der Waals surface area contributed by atoms with Crippen LogP contribution in [0.5, 0.6) is 5.75 Å². The van der Waals surface area contributed by atoms with Crippen molar-refractivity contribution in [3.63, 3.8) is 0 Å². The van der Waals surface area contributed by atoms with Crippen LogP contribution in [0.2, 0.25) is 0 Å². The summed E-state index contributed by atoms with van der Waals surface area (Å²) in [5.74, 6) is -0.269. The normalized spacial score (nSPS) is 15.9. The first kappa shape index (κ1) is 29.5. The van der Waals surface area contributed by atoms with Crippen molar-refractivity contribution >= 4 is 29.7 Å². The van der Waals surface area contributed by atoms with Gasteiger partial charge in [-0.1, -0.05) is 43.5 Å². The second kappa shape index (κ2) is 14.2. The fourth-order valence-electron chi connectivity index (χ4n) is 4.30. The van der Waals surface area contributed by atoms with Crippen LogP contribution in [0.1, 0.15) is 70.9 Å². The van der Waals surface area contributed by atoms with E-state index in [1.807, 2.05) is 6.26 Å². The molecule has 0 heterocycles. The maximum absolute atomic E-state index is 13.9. The lowest BCUT2D eigenvalue weighted by atomic mass is 9.94. The van der Waals surface area contributed by atoms with Crippen LogP contribution >= 0.6 is 11.8 Å². The number of phenolic OH excluding ortho intramolecular Hbond substituents is 1. The summed E-state index contributed by atoms with van der Waals surface area (Å²) < 4.78 is 5.38. The van der Waals surface area contributed by atoms with Crippen molar-refractivity contribution in [2.24, 2.45) is 0 Å². The molecule has 1 aliphatic rings. The summed E-state index contributed by atoms with van der Waals surface area (Å²) in [7, 11) is 0. The van der Waals surface area contributed by atoms with Gasteiger partial charge >= 0.3 is 6.09 Å². The van der Waals surface area contributed by atoms with Crippen molar-refractivity contribution in [1.82, 2.24) is 15.5 Å². The van der Waals surface area contributed by atoms with Gasteiger partial charge in [0, 0.05) is 18.2 Å². The molecule has 200 valence electrons. The number of hydrogen-bond acceptors (Lipinski definition) is 6. The number of hydrogen-bond donors (Lipinski definition) is 3. The van der Waals surface area contributed by atoms with E-state index in [4.69, 9.17) is 4.74 Å². The molecule has 1 aromatic rings. The maximum atomic E-state index is 13.9. The van der Waals surface area contributed by atoms with Crippen LogP contribution in [0.4, 0.5) is 4.79 Å². The highest BCUT2D eigenvalue weighted by Gasteiger charge is 2.37. The molecular formula is C27H41N3O5S. The van der Waals surface area contributed by atoms with Gasteiger partial charge in [-0.3, -0.25) is 9.59 Å². The van der Waals surface area contributed by atoms with E-state index in [0.717, 1.165) is 32.1 Å². The Bertz CT molecular complexity index is 896. The van der Waals surface area contributed by atoms with Gasteiger partial charge < -0.3 is 25.4 Å². The van der Waals surface area contributed by atoms with Crippen LogP contribution in [-0.4, -0.2) is 64.2 Å². The highest BCUT2D eigenvalue weighted by molar-refractivity contribution is 7.98. The minimum Gasteiger partial charge on any atom is -0.508 e. The van der Waals surface area contributed by atoms with Crippen molar-refractivity contribution in [2.75, 3.05) is 18.6 Å². The number of nitrogens with zero attached hydrogens (tertiary/aromatic N) is 1. The molecule has 1 aromatic carbocycles. The Morgan fingerprint density at radius 2 is 1.89 bits per heavy atom. The van der Waals surface area contributed by atoms with Gasteiger partial charge in [0.2, 0.25) is 11.8 Å². The number of ether oxygens (including phenoxy) is 1. The highest BCUT2D eigenvalue weighted by atomic mass is 32.2. The van der Waals surface area contributed by atoms with Crippen molar-refractivity contribution in [3.8, 4) is 5.75 Å². The van der Waals surface area contributed by atoms with Crippen molar-refractivity contribution in [2.45, 2.75) is 83.0 Å². The molecule has 8 nitrogen and oxygen atoms in total. The average Bonchev–Trinajstić information content (AvgIpc) is 2.81. The first-order valence-corrected chi connectivity index (χ1v) is 13.9. The van der Waals surface area contributed by atoms with Crippen LogP contribution in [0.3, 0.4) is 0 Å². The zero-order chi connectivity index (χ0) is 26.7. The van der Waals surface area contributed by atoms with Crippen LogP contribution in [-0.2, 0) is 14.3 Å². The third kappa shape index (κ3) is 9.08. The number of thioether (sulfide) groups is 1. The van der Waals surface area contributed by atoms with Crippen LogP contribution in [0, 0.1) is 0 Å². The molecule has 36 heavy (non-hydrogen) atoms. The maximum Gasteiger partial charge on any atom is 0.408 e. The number of carbonyl (C=O) groups is 3. The van der Waals surface area contributed by atoms with E-state index < -0.39 is 29.7 Å². The molecule has 1 fully saturated rings. The van der Waals surface area contributed by atoms with E-state index in [1.54, 1.807) is 50.7 Å². The van der Waals surface area contributed by atoms with Gasteiger partial charge in [0.15, 0.2) is 0 Å². The molecule has 1 aliphatic carbocycles. The predicted octanol–water partition coefficient (Wildman–Crippen LogP) is 4.54. The minimum absolute atomic E-state index is 0.0208. The average molecular weight is 520 g/mol. The minimum atomic E-state index is -1.09. The zero-order valence-corrected chi connectivity index (χ0v) is 22.7. The number of carbonyl (C=O) groups excluding carboxylic acids is 3. The van der Waals surface area contributed by atoms with Gasteiger partial charge in [-0.15, -0.1) is 6.58 Å². The van der Waals surface area contributed by atoms with Crippen molar-refractivity contribution < 1.29 is 24.2 Å². The van der Waals surface area contributed by atoms with E-state index in [9.17, 15) is 19.5 Å². The Kier molecular flexibility index (Phi) is 11.6. The third-order valence-corrected chi connectivity index (χ3v) is 6.60. The topological polar surface area (TPSA) is 108 Å². The predicted molar refractivity (Wildman–Crippen MR) is 144 cm³/mol. The van der Waals surface area contributed by atoms with E-state index in [0.29, 0.717) is 17.7 Å². The molecule has 2 rings (SSSR count). The summed E-state index contributed by atoms with van der Waals surface area (Å²) in [6.07, 6.45) is 8.09. The van der Waals surface area contributed by atoms with Gasteiger partial charge in [0.25, 0.3) is 0 Å². The summed E-state index contributed by atoms with van der Waals surface area (Å²) >= 11 is 1.55. The Hall–Kier alpha value is -2.68. The number of phenols is 1. The fraction of sp³-hybridized carbons (Fsp3) is 0.593. The summed E-state index contributed by atoms with van der Waals surface area (Å²) in [5.41, 5.74) is -0.405. The van der Waals surface area contributed by atoms with Crippen molar-refractivity contribution in [1.29, 1.82) is 0 Å². The molecular weight excluding hydrogens is 478 g/mol. The molecule has 0 saturated heterocycles. The van der Waals surface area contributed by atoms with Crippen LogP contribution < -0.4 is 10.6 Å². The second-order valence-corrected chi connectivity index (χ2v) is 11.1. The van der Waals surface area contributed by atoms with Gasteiger partial charge in [0.1, 0.15) is 23.4 Å². The van der Waals surface area contributed by atoms with E-state index in [2.05, 4.69) is 17.2 Å². The number of para-hydroxylation sites is 1. The Morgan fingerprint density at radius 1 is 1.22 bits per heavy atom. The molecule has 3 amide bonds. The molecule has 3 N–H and O–H groups in total. The van der Waals surface area contributed by atoms with E-state index >= 15 is 0 Å². The number of benzene rings is 1. The molecule has 2 unspecified atom stereocenters. The molecule has 2 atom stereocenters. The van der Waals surface area contributed by atoms with Gasteiger partial charge in [-0.25, -0.2) is 4.79 Å². The number of amides is 3. The monoisotopic (exact) mass is 519 g/mol. The number of alkyl carbamates (subject to hydrolysis) is 1. The molecule has 0 radical (unpaired) electrons. The van der Waals surface area contributed by atoms with Gasteiger partial charge in [0.05, 0.1) is 0 Å². The lowest BCUT2D eigenvalue weighted by molar-refractivity contribution is -0.142. The lowest BCUT2D eigenvalue weighted by Gasteiger charge is -2.35. The Morgan fingerprint density at radius 3 is 2.47 bits per heavy atom. The summed E-state index contributed by atoms with van der Waals surface area (Å²) in [6.45, 7) is 9.09. The van der Waals surface area contributed by atoms with Crippen LogP contribution in [0.25, 0.3) is 0 Å². The summed E-state index contributed by atoms with van der Waals surface area (Å²) in [5, 5.41) is 16.4. The molecule has 0 bridgehead atoms. The zero-order valence-electron chi connectivity index (χ0n) is 21.9. The summed E-state index contributed by atoms with van der Waals surface area (Å²) in [4.78, 5) is 41.5. The fourth-order valence-corrected chi connectivity index (χ4v) is 4.77. The molecule has 0 spiro atoms. The molecule has 0 aromatic heterocycles. The second-order valence-electron chi connectivity index (χ2n) is 10.1. The number of nitrogens with one attached hydrogen (secondary N) is 2. The van der Waals surface area contributed by atoms with E-state index in [-0.39, 0.29) is 24.2 Å². The lowest BCUT2D eigenvalue weighted by Crippen LogP contribution is -2.54. The number of aromatic hydroxyl groups is 1. The Balaban J connectivity index is 2.41. The molecule has 9 heteroatoms. The SMILES string of the molecule is C=CCN(C(=O)C(CCSC)NC(=O)OC(C)(C)C)C(C(=O)NC1CCCCC1)c1ccccc1O. The molecule has 1 saturated carbocycles. The van der Waals surface area contributed by atoms with E-state index in [1.165, 1.54) is 17.0 Å². The quantitative estimate of drug-likeness (QED) is 0.371. The van der Waals surface area contributed by atoms with Gasteiger partial charge in [-0.2, -0.15) is 11.8 Å². The number of rotatable bonds is 11. The smallest absolute Gasteiger partial charge is 0.408 e. The standard InChI is InChI=1S/C27H41N3O5S/c1-6-17-30(25(33)21(16-18-36-5)29-26(34)35-27(2,3)4)23(20-14-10-11-15-22(20)31)24(32)28-19-12-8-7-9-13-19/h6,10-11,14-15,19,21,23,31H,1,7-9,12-13,16-18H2,2-5H3,(H,28,32)(H,29,34). The first-order valence-electron chi connectivity index (χ1n) is 12.6. The van der Waals surface area contributed by atoms with Crippen molar-refractivity contribution in [3.05, 3.63) is 42.5 Å². The Labute approximate surface area is 219 Å². The largest absolute Gasteiger partial charge is 0.508 e. The molecule has 0 aliphatic heterocycles. The highest BCUT2D eigenvalue weighted by Crippen LogP contribution is 2.31. The van der Waals surface area contributed by atoms with Crippen LogP contribution in [0.15, 0.2) is 36.9 Å². The third-order valence-electron chi connectivity index (χ3n) is 5.95.